The highest BCUT2D eigenvalue weighted by Gasteiger charge is 2.39. The fourth-order valence-electron chi connectivity index (χ4n) is 5.73. The van der Waals surface area contributed by atoms with Gasteiger partial charge in [0.25, 0.3) is 11.5 Å². The largest absolute Gasteiger partial charge is 0.497 e. The van der Waals surface area contributed by atoms with E-state index < -0.39 is 21.4 Å². The van der Waals surface area contributed by atoms with Crippen molar-refractivity contribution in [2.45, 2.75) is 33.0 Å². The highest BCUT2D eigenvalue weighted by molar-refractivity contribution is 7.92. The van der Waals surface area contributed by atoms with Crippen LogP contribution in [0.5, 0.6) is 17.2 Å². The number of aromatic nitrogens is 3. The first-order valence-corrected chi connectivity index (χ1v) is 16.5. The molecule has 1 aliphatic rings. The van der Waals surface area contributed by atoms with E-state index in [1.165, 1.54) is 25.3 Å². The van der Waals surface area contributed by atoms with Gasteiger partial charge in [0.2, 0.25) is 10.0 Å². The van der Waals surface area contributed by atoms with E-state index >= 15 is 0 Å². The number of methoxy groups -OCH3 is 2. The first kappa shape index (κ1) is 32.8. The SMILES string of the molecule is CCN1C[C@H](C)n2c(c(OC)c3c(=O)n(Cc4ccc(F)cc4OCc4ccc(OC)cc4)nc(N(CCN)S(C)(=O)=O)c32)C1=O. The molecule has 0 radical (unpaired) electrons. The Balaban J connectivity index is 1.71. The van der Waals surface area contributed by atoms with E-state index in [2.05, 4.69) is 5.10 Å². The number of likely N-dealkylation sites (N-methyl/N-ethyl adjacent to an activating group) is 1. The summed E-state index contributed by atoms with van der Waals surface area (Å²) in [5.41, 5.74) is 6.68. The van der Waals surface area contributed by atoms with Gasteiger partial charge in [-0.2, -0.15) is 0 Å². The summed E-state index contributed by atoms with van der Waals surface area (Å²) in [6, 6.07) is 10.7. The van der Waals surface area contributed by atoms with Crippen LogP contribution in [0.1, 0.15) is 41.5 Å². The number of fused-ring (bicyclic) bond motifs is 3. The molecular weight excluding hydrogens is 619 g/mol. The third-order valence-electron chi connectivity index (χ3n) is 7.91. The zero-order chi connectivity index (χ0) is 33.3. The molecule has 0 bridgehead atoms. The van der Waals surface area contributed by atoms with Gasteiger partial charge in [-0.1, -0.05) is 18.2 Å². The van der Waals surface area contributed by atoms with Crippen molar-refractivity contribution >= 4 is 32.7 Å². The standard InChI is InChI=1S/C31H37FN6O7S/c1-6-35-16-19(2)38-26-25(28(44-4)27(38)31(35)40)30(39)36(34-29(26)37(14-13-33)46(5,41)42)17-21-9-10-22(32)15-24(21)45-18-20-7-11-23(43-3)12-8-20/h7-12,15,19H,6,13-14,16-18,33H2,1-5H3/t19-/m0/s1. The van der Waals surface area contributed by atoms with Gasteiger partial charge in [0.05, 0.1) is 27.0 Å². The molecule has 2 N–H and O–H groups in total. The lowest BCUT2D eigenvalue weighted by atomic mass is 10.2. The number of hydrogen-bond acceptors (Lipinski definition) is 9. The lowest BCUT2D eigenvalue weighted by Crippen LogP contribution is -2.42. The van der Waals surface area contributed by atoms with Crippen molar-refractivity contribution in [1.82, 2.24) is 19.2 Å². The topological polar surface area (TPSA) is 151 Å². The second kappa shape index (κ2) is 13.0. The normalized spacial score (nSPS) is 14.8. The Hall–Kier alpha value is -4.63. The quantitative estimate of drug-likeness (QED) is 0.243. The van der Waals surface area contributed by atoms with E-state index in [1.807, 2.05) is 26.0 Å². The Morgan fingerprint density at radius 3 is 2.43 bits per heavy atom. The molecule has 0 aliphatic carbocycles. The minimum absolute atomic E-state index is 0.00543. The van der Waals surface area contributed by atoms with Crippen LogP contribution in [0.3, 0.4) is 0 Å². The van der Waals surface area contributed by atoms with Crippen molar-refractivity contribution in [3.63, 3.8) is 0 Å². The number of amides is 1. The average molecular weight is 657 g/mol. The fourth-order valence-corrected chi connectivity index (χ4v) is 6.60. The molecule has 2 aromatic carbocycles. The van der Waals surface area contributed by atoms with Crippen molar-refractivity contribution < 1.29 is 31.8 Å². The molecule has 1 aliphatic heterocycles. The summed E-state index contributed by atoms with van der Waals surface area (Å²) in [6.45, 7) is 4.17. The predicted octanol–water partition coefficient (Wildman–Crippen LogP) is 2.74. The molecule has 0 fully saturated rings. The Morgan fingerprint density at radius 2 is 1.83 bits per heavy atom. The number of hydrogen-bond donors (Lipinski definition) is 1. The highest BCUT2D eigenvalue weighted by Crippen LogP contribution is 2.41. The lowest BCUT2D eigenvalue weighted by molar-refractivity contribution is 0.0685. The maximum Gasteiger partial charge on any atom is 0.280 e. The molecule has 3 heterocycles. The van der Waals surface area contributed by atoms with Crippen molar-refractivity contribution in [2.24, 2.45) is 5.73 Å². The molecule has 2 aromatic heterocycles. The van der Waals surface area contributed by atoms with E-state index in [4.69, 9.17) is 19.9 Å². The van der Waals surface area contributed by atoms with Gasteiger partial charge in [-0.15, -0.1) is 5.10 Å². The van der Waals surface area contributed by atoms with Crippen molar-refractivity contribution in [1.29, 1.82) is 0 Å². The molecule has 0 saturated carbocycles. The molecule has 5 rings (SSSR count). The number of nitrogens with zero attached hydrogens (tertiary/aromatic N) is 5. The minimum atomic E-state index is -3.96. The summed E-state index contributed by atoms with van der Waals surface area (Å²) < 4.78 is 61.3. The number of halogens is 1. The number of ether oxygens (including phenoxy) is 3. The highest BCUT2D eigenvalue weighted by atomic mass is 32.2. The number of nitrogens with two attached hydrogens (primary N) is 1. The maximum atomic E-state index is 14.4. The van der Waals surface area contributed by atoms with Gasteiger partial charge in [0.15, 0.2) is 17.3 Å². The molecule has 0 unspecified atom stereocenters. The summed E-state index contributed by atoms with van der Waals surface area (Å²) in [6.07, 6.45) is 1.02. The van der Waals surface area contributed by atoms with Crippen molar-refractivity contribution in [3.05, 3.63) is 75.5 Å². The molecule has 246 valence electrons. The van der Waals surface area contributed by atoms with Crippen molar-refractivity contribution in [3.8, 4) is 17.2 Å². The molecule has 0 saturated heterocycles. The van der Waals surface area contributed by atoms with Crippen LogP contribution in [0, 0.1) is 5.82 Å². The molecule has 13 nitrogen and oxygen atoms in total. The Labute approximate surface area is 265 Å². The smallest absolute Gasteiger partial charge is 0.280 e. The molecule has 0 spiro atoms. The second-order valence-corrected chi connectivity index (χ2v) is 12.9. The van der Waals surface area contributed by atoms with Gasteiger partial charge in [0.1, 0.15) is 34.8 Å². The van der Waals surface area contributed by atoms with Crippen LogP contribution in [0.2, 0.25) is 0 Å². The zero-order valence-electron chi connectivity index (χ0n) is 26.3. The van der Waals surface area contributed by atoms with E-state index in [1.54, 1.807) is 28.7 Å². The summed E-state index contributed by atoms with van der Waals surface area (Å²) >= 11 is 0. The molecule has 1 amide bonds. The van der Waals surface area contributed by atoms with Gasteiger partial charge >= 0.3 is 0 Å². The first-order valence-electron chi connectivity index (χ1n) is 14.7. The summed E-state index contributed by atoms with van der Waals surface area (Å²) in [5.74, 6) is -0.137. The predicted molar refractivity (Wildman–Crippen MR) is 171 cm³/mol. The van der Waals surface area contributed by atoms with Crippen LogP contribution < -0.4 is 29.8 Å². The Bertz CT molecular complexity index is 1940. The van der Waals surface area contributed by atoms with Crippen LogP contribution in [0.15, 0.2) is 47.3 Å². The Kier molecular flexibility index (Phi) is 9.26. The van der Waals surface area contributed by atoms with E-state index in [0.717, 1.165) is 20.8 Å². The molecule has 46 heavy (non-hydrogen) atoms. The van der Waals surface area contributed by atoms with E-state index in [9.17, 15) is 22.4 Å². The monoisotopic (exact) mass is 656 g/mol. The van der Waals surface area contributed by atoms with E-state index in [-0.39, 0.29) is 72.1 Å². The molecule has 4 aromatic rings. The Morgan fingerprint density at radius 1 is 1.11 bits per heavy atom. The second-order valence-electron chi connectivity index (χ2n) is 11.0. The van der Waals surface area contributed by atoms with Crippen LogP contribution >= 0.6 is 0 Å². The third-order valence-corrected chi connectivity index (χ3v) is 9.06. The van der Waals surface area contributed by atoms with Crippen LogP contribution in [0.4, 0.5) is 10.2 Å². The van der Waals surface area contributed by atoms with Crippen LogP contribution in [0.25, 0.3) is 10.9 Å². The molecule has 1 atom stereocenters. The van der Waals surface area contributed by atoms with Crippen molar-refractivity contribution in [2.75, 3.05) is 51.0 Å². The molecule has 15 heteroatoms. The lowest BCUT2D eigenvalue weighted by Gasteiger charge is -2.33. The molecular formula is C31H37FN6O7S. The number of benzene rings is 2. The zero-order valence-corrected chi connectivity index (χ0v) is 27.1. The first-order chi connectivity index (χ1) is 21.9. The number of carbonyl (C=O) groups excluding carboxylic acids is 1. The number of rotatable bonds is 12. The van der Waals surface area contributed by atoms with Gasteiger partial charge in [-0.25, -0.2) is 21.8 Å². The van der Waals surface area contributed by atoms with E-state index in [0.29, 0.717) is 24.4 Å². The van der Waals surface area contributed by atoms with Crippen LogP contribution in [-0.4, -0.2) is 80.2 Å². The third kappa shape index (κ3) is 5.99. The summed E-state index contributed by atoms with van der Waals surface area (Å²) in [7, 11) is -1.05. The average Bonchev–Trinajstić information content (AvgIpc) is 3.39. The minimum Gasteiger partial charge on any atom is -0.497 e. The fraction of sp³-hybridized carbons (Fsp3) is 0.387. The maximum absolute atomic E-state index is 14.4. The van der Waals surface area contributed by atoms with Gasteiger partial charge in [0, 0.05) is 43.9 Å². The van der Waals surface area contributed by atoms with Gasteiger partial charge in [-0.3, -0.25) is 9.59 Å². The summed E-state index contributed by atoms with van der Waals surface area (Å²) in [4.78, 5) is 29.5. The number of anilines is 1. The summed E-state index contributed by atoms with van der Waals surface area (Å²) in [5, 5.41) is 4.56. The van der Waals surface area contributed by atoms with Gasteiger partial charge < -0.3 is 29.4 Å². The van der Waals surface area contributed by atoms with Crippen LogP contribution in [-0.2, 0) is 23.2 Å². The number of carbonyl (C=O) groups is 1. The van der Waals surface area contributed by atoms with Gasteiger partial charge in [-0.05, 0) is 37.6 Å². The number of sulfonamides is 1.